The molecule has 23 heteroatoms. The number of fused-ring (bicyclic) bond motifs is 2. The number of anilines is 1. The zero-order chi connectivity index (χ0) is 53.5. The predicted octanol–water partition coefficient (Wildman–Crippen LogP) is 11.8. The maximum Gasteiger partial charge on any atom is 2.00 e. The van der Waals surface area contributed by atoms with Gasteiger partial charge in [-0.05, 0) is 122 Å². The fourth-order valence-corrected chi connectivity index (χ4v) is 9.82. The zero-order valence-corrected chi connectivity index (χ0v) is 47.7. The van der Waals surface area contributed by atoms with E-state index in [4.69, 9.17) is 32.7 Å². The number of phenolic OH excluding ortho intramolecular Hbond substituents is 1. The van der Waals surface area contributed by atoms with Crippen LogP contribution in [0.2, 0.25) is 10.0 Å². The summed E-state index contributed by atoms with van der Waals surface area (Å²) in [7, 11) is -9.32. The number of carbonyl (C=O) groups excluding carboxylic acids is 1. The molecule has 1 amide bonds. The predicted molar refractivity (Wildman–Crippen MR) is 284 cm³/mol. The molecule has 0 radical (unpaired) electrons. The molecule has 0 unspecified atom stereocenters. The fourth-order valence-electron chi connectivity index (χ4n) is 7.63. The van der Waals surface area contributed by atoms with E-state index in [1.165, 1.54) is 50.2 Å². The summed E-state index contributed by atoms with van der Waals surface area (Å²) in [5.41, 5.74) is 0.0115. The Hall–Kier alpha value is -6.41. The number of rotatable bonds is 14. The number of hydrogen-bond donors (Lipinski definition) is 4. The average Bonchev–Trinajstić information content (AvgIpc) is 3.32. The van der Waals surface area contributed by atoms with Gasteiger partial charge in [-0.25, -0.2) is 0 Å². The van der Waals surface area contributed by atoms with Gasteiger partial charge in [0.1, 0.15) is 38.4 Å². The molecule has 0 aromatic heterocycles. The number of amides is 1. The van der Waals surface area contributed by atoms with E-state index in [0.29, 0.717) is 57.6 Å². The van der Waals surface area contributed by atoms with Crippen molar-refractivity contribution in [3.05, 3.63) is 166 Å². The van der Waals surface area contributed by atoms with Crippen LogP contribution in [0.25, 0.3) is 21.5 Å². The van der Waals surface area contributed by atoms with E-state index in [1.54, 1.807) is 97.1 Å². The Labute approximate surface area is 481 Å². The number of nitrogens with one attached hydrogen (secondary N) is 1. The number of nitrogens with zero attached hydrogens (tertiary/aromatic N) is 5. The molecule has 0 atom stereocenters. The number of phenols is 1. The second-order valence-corrected chi connectivity index (χ2v) is 19.5. The molecule has 0 bridgehead atoms. The van der Waals surface area contributed by atoms with E-state index in [1.807, 2.05) is 13.8 Å². The van der Waals surface area contributed by atoms with Gasteiger partial charge in [-0.15, -0.1) is 15.3 Å². The molecular formula is C52H42BaCl2N6O12S2. The summed E-state index contributed by atoms with van der Waals surface area (Å²) in [6.45, 7) is 7.46. The summed E-state index contributed by atoms with van der Waals surface area (Å²) >= 11 is 12.1. The molecule has 0 aliphatic heterocycles. The van der Waals surface area contributed by atoms with Gasteiger partial charge in [0.25, 0.3) is 26.1 Å². The van der Waals surface area contributed by atoms with E-state index in [0.717, 1.165) is 0 Å². The summed E-state index contributed by atoms with van der Waals surface area (Å²) in [6, 6.07) is 35.0. The quantitative estimate of drug-likeness (QED) is 0.0260. The molecule has 0 aliphatic carbocycles. The molecule has 0 saturated carbocycles. The van der Waals surface area contributed by atoms with Crippen molar-refractivity contribution in [1.29, 1.82) is 0 Å². The molecule has 0 spiro atoms. The minimum absolute atomic E-state index is 0. The maximum atomic E-state index is 13.4. The second-order valence-electron chi connectivity index (χ2n) is 15.9. The first kappa shape index (κ1) is 57.9. The van der Waals surface area contributed by atoms with E-state index in [2.05, 4.69) is 30.8 Å². The van der Waals surface area contributed by atoms with Gasteiger partial charge in [0.15, 0.2) is 5.75 Å². The van der Waals surface area contributed by atoms with Gasteiger partial charge in [-0.2, -0.15) is 21.9 Å². The van der Waals surface area contributed by atoms with E-state index >= 15 is 0 Å². The SMILES string of the molecule is CCOc1cccc(N=C([O-])c2cc3ccccc3c(N=Nc3cc(Cl)cc(C)c3S(=O)(=O)O)c2[O-])c1.CCOc1cccc(NC(=O)c2cc3ccccc3c(N=Nc3cc(Cl)cc(C)c3S(=O)(=O)O)c2O)c1.[Ba+2]. The summed E-state index contributed by atoms with van der Waals surface area (Å²) in [5, 5.41) is 58.5. The van der Waals surface area contributed by atoms with Gasteiger partial charge in [-0.3, -0.25) is 18.9 Å². The number of aromatic hydroxyl groups is 1. The van der Waals surface area contributed by atoms with E-state index < -0.39 is 53.3 Å². The van der Waals surface area contributed by atoms with Crippen LogP contribution < -0.4 is 25.0 Å². The monoisotopic (exact) mass is 1210 g/mol. The van der Waals surface area contributed by atoms with E-state index in [-0.39, 0.29) is 104 Å². The number of halogens is 2. The van der Waals surface area contributed by atoms with Crippen LogP contribution in [0.4, 0.5) is 34.1 Å². The van der Waals surface area contributed by atoms with Gasteiger partial charge >= 0.3 is 48.9 Å². The third kappa shape index (κ3) is 14.1. The average molecular weight is 1220 g/mol. The van der Waals surface area contributed by atoms with Crippen molar-refractivity contribution in [1.82, 2.24) is 0 Å². The maximum absolute atomic E-state index is 13.4. The van der Waals surface area contributed by atoms with Crippen LogP contribution in [-0.4, -0.2) is 105 Å². The molecule has 0 heterocycles. The topological polar surface area (TPSA) is 284 Å². The molecule has 0 saturated heterocycles. The van der Waals surface area contributed by atoms with Crippen molar-refractivity contribution in [2.75, 3.05) is 18.5 Å². The number of benzene rings is 8. The van der Waals surface area contributed by atoms with Crippen molar-refractivity contribution >= 4 is 160 Å². The van der Waals surface area contributed by atoms with Crippen LogP contribution in [-0.2, 0) is 20.2 Å². The molecule has 0 fully saturated rings. The van der Waals surface area contributed by atoms with Crippen LogP contribution in [0.1, 0.15) is 40.9 Å². The third-order valence-corrected chi connectivity index (χ3v) is 13.2. The van der Waals surface area contributed by atoms with Gasteiger partial charge < -0.3 is 30.1 Å². The Kier molecular flexibility index (Phi) is 19.3. The van der Waals surface area contributed by atoms with Crippen LogP contribution >= 0.6 is 23.2 Å². The second kappa shape index (κ2) is 25.0. The Balaban J connectivity index is 0.000000241. The first-order valence-corrected chi connectivity index (χ1v) is 25.7. The third-order valence-electron chi connectivity index (χ3n) is 10.7. The van der Waals surface area contributed by atoms with Crippen LogP contribution in [0.15, 0.2) is 169 Å². The van der Waals surface area contributed by atoms with Gasteiger partial charge in [0.05, 0.1) is 30.2 Å². The number of carbonyl (C=O) groups is 1. The van der Waals surface area contributed by atoms with Crippen LogP contribution in [0, 0.1) is 13.8 Å². The molecule has 75 heavy (non-hydrogen) atoms. The fraction of sp³-hybridized carbons (Fsp3) is 0.115. The zero-order valence-electron chi connectivity index (χ0n) is 40.1. The van der Waals surface area contributed by atoms with Gasteiger partial charge in [0, 0.05) is 38.6 Å². The number of aliphatic imine (C=N–C) groups is 1. The summed E-state index contributed by atoms with van der Waals surface area (Å²) in [4.78, 5) is 16.2. The van der Waals surface area contributed by atoms with Crippen molar-refractivity contribution in [3.8, 4) is 23.0 Å². The first-order valence-electron chi connectivity index (χ1n) is 22.1. The molecule has 18 nitrogen and oxygen atoms in total. The number of hydrogen-bond acceptors (Lipinski definition) is 15. The molecule has 8 rings (SSSR count). The van der Waals surface area contributed by atoms with Crippen LogP contribution in [0.5, 0.6) is 23.0 Å². The Morgan fingerprint density at radius 3 is 1.64 bits per heavy atom. The standard InChI is InChI=1S/2C26H22ClN3O6S.Ba/c2*1-3-36-19-9-6-8-18(14-19)28-26(32)21-12-16-7-4-5-10-20(16)23(24(21)31)30-29-22-13-17(27)11-15(2)25(22)37(33,34)35;/h2*4-14,31H,3H2,1-2H3,(H,28,32)(H,33,34,35);/q;;+2/p-2. The van der Waals surface area contributed by atoms with Crippen molar-refractivity contribution in [2.45, 2.75) is 37.5 Å². The minimum Gasteiger partial charge on any atom is -0.871 e. The summed E-state index contributed by atoms with van der Waals surface area (Å²) < 4.78 is 78.1. The molecular weight excluding hydrogens is 1170 g/mol. The Morgan fingerprint density at radius 1 is 0.627 bits per heavy atom. The normalized spacial score (nSPS) is 11.9. The summed E-state index contributed by atoms with van der Waals surface area (Å²) in [6.07, 6.45) is 0. The number of aryl methyl sites for hydroxylation is 2. The minimum atomic E-state index is -4.67. The molecule has 380 valence electrons. The van der Waals surface area contributed by atoms with Crippen molar-refractivity contribution in [3.63, 3.8) is 0 Å². The van der Waals surface area contributed by atoms with Crippen molar-refractivity contribution < 1.29 is 55.5 Å². The largest absolute Gasteiger partial charge is 2.00 e. The Bertz CT molecular complexity index is 3830. The number of ether oxygens (including phenoxy) is 2. The van der Waals surface area contributed by atoms with Gasteiger partial charge in [-0.1, -0.05) is 89.6 Å². The molecule has 4 N–H and O–H groups in total. The Morgan fingerprint density at radius 2 is 1.11 bits per heavy atom. The molecule has 8 aromatic carbocycles. The van der Waals surface area contributed by atoms with E-state index in [9.17, 15) is 46.1 Å². The number of azo groups is 2. The van der Waals surface area contributed by atoms with Crippen LogP contribution in [0.3, 0.4) is 0 Å². The smallest absolute Gasteiger partial charge is 0.871 e. The first-order chi connectivity index (χ1) is 35.2. The molecule has 0 aliphatic rings. The van der Waals surface area contributed by atoms with Gasteiger partial charge in [0.2, 0.25) is 0 Å². The van der Waals surface area contributed by atoms with Crippen molar-refractivity contribution in [2.24, 2.45) is 25.4 Å². The summed E-state index contributed by atoms with van der Waals surface area (Å²) in [5.74, 6) is -1.51. The molecule has 8 aromatic rings.